The number of esters is 2. The Morgan fingerprint density at radius 2 is 1.68 bits per heavy atom. The standard InChI is InChI=1S/C22H31NO5/c1-5-13-22(14-6-2,21(26)28-16-7-3)23(15-17-27-18(4)24)20(25)19-11-9-8-10-12-19/h7-12H,3,5-6,13-17H2,1-2,4H3. The predicted octanol–water partition coefficient (Wildman–Crippen LogP) is 3.76. The monoisotopic (exact) mass is 389 g/mol. The summed E-state index contributed by atoms with van der Waals surface area (Å²) in [6, 6.07) is 8.78. The molecule has 1 aromatic rings. The van der Waals surface area contributed by atoms with Crippen molar-refractivity contribution in [2.45, 2.75) is 52.0 Å². The molecular formula is C22H31NO5. The number of amides is 1. The van der Waals surface area contributed by atoms with Crippen LogP contribution in [0.3, 0.4) is 0 Å². The van der Waals surface area contributed by atoms with Gasteiger partial charge in [-0.2, -0.15) is 0 Å². The molecule has 0 aliphatic rings. The normalized spacial score (nSPS) is 10.8. The molecule has 0 atom stereocenters. The van der Waals surface area contributed by atoms with Crippen molar-refractivity contribution in [3.05, 3.63) is 48.6 Å². The molecule has 0 radical (unpaired) electrons. The summed E-state index contributed by atoms with van der Waals surface area (Å²) in [5.41, 5.74) is -0.655. The zero-order valence-corrected chi connectivity index (χ0v) is 17.1. The van der Waals surface area contributed by atoms with E-state index < -0.39 is 17.5 Å². The van der Waals surface area contributed by atoms with Crippen LogP contribution in [0.4, 0.5) is 0 Å². The van der Waals surface area contributed by atoms with Crippen LogP contribution in [-0.2, 0) is 19.1 Å². The minimum absolute atomic E-state index is 0.0117. The molecule has 6 heteroatoms. The first-order valence-electron chi connectivity index (χ1n) is 9.71. The average molecular weight is 389 g/mol. The number of ether oxygens (including phenoxy) is 2. The van der Waals surface area contributed by atoms with Crippen LogP contribution in [0.25, 0.3) is 0 Å². The number of hydrogen-bond donors (Lipinski definition) is 0. The Bertz CT molecular complexity index is 650. The molecule has 0 bridgehead atoms. The van der Waals surface area contributed by atoms with Gasteiger partial charge in [0.1, 0.15) is 18.8 Å². The van der Waals surface area contributed by atoms with Crippen molar-refractivity contribution >= 4 is 17.8 Å². The minimum atomic E-state index is -1.13. The Hall–Kier alpha value is -2.63. The quantitative estimate of drug-likeness (QED) is 0.402. The lowest BCUT2D eigenvalue weighted by Gasteiger charge is -2.42. The topological polar surface area (TPSA) is 72.9 Å². The molecule has 0 aromatic heterocycles. The number of hydrogen-bond acceptors (Lipinski definition) is 5. The van der Waals surface area contributed by atoms with Gasteiger partial charge in [0.25, 0.3) is 5.91 Å². The Kier molecular flexibility index (Phi) is 9.99. The number of carbonyl (C=O) groups excluding carboxylic acids is 3. The Morgan fingerprint density at radius 3 is 2.18 bits per heavy atom. The first-order valence-corrected chi connectivity index (χ1v) is 9.71. The Balaban J connectivity index is 3.36. The van der Waals surface area contributed by atoms with Crippen LogP contribution in [0, 0.1) is 0 Å². The molecule has 154 valence electrons. The van der Waals surface area contributed by atoms with Crippen LogP contribution in [-0.4, -0.2) is 48.0 Å². The maximum Gasteiger partial charge on any atom is 0.332 e. The third-order valence-corrected chi connectivity index (χ3v) is 4.44. The minimum Gasteiger partial charge on any atom is -0.464 e. The van der Waals surface area contributed by atoms with Crippen LogP contribution >= 0.6 is 0 Å². The van der Waals surface area contributed by atoms with Crippen molar-refractivity contribution < 1.29 is 23.9 Å². The smallest absolute Gasteiger partial charge is 0.332 e. The summed E-state index contributed by atoms with van der Waals surface area (Å²) in [4.78, 5) is 39.2. The van der Waals surface area contributed by atoms with E-state index in [4.69, 9.17) is 9.47 Å². The highest BCUT2D eigenvalue weighted by atomic mass is 16.5. The summed E-state index contributed by atoms with van der Waals surface area (Å²) >= 11 is 0. The van der Waals surface area contributed by atoms with Gasteiger partial charge >= 0.3 is 11.9 Å². The Morgan fingerprint density at radius 1 is 1.07 bits per heavy atom. The second kappa shape index (κ2) is 12.0. The third kappa shape index (κ3) is 6.22. The summed E-state index contributed by atoms with van der Waals surface area (Å²) in [5.74, 6) is -1.17. The highest BCUT2D eigenvalue weighted by molar-refractivity contribution is 5.98. The highest BCUT2D eigenvalue weighted by Crippen LogP contribution is 2.31. The van der Waals surface area contributed by atoms with E-state index in [1.807, 2.05) is 19.9 Å². The molecule has 0 aliphatic carbocycles. The summed E-state index contributed by atoms with van der Waals surface area (Å²) in [6.45, 7) is 9.02. The lowest BCUT2D eigenvalue weighted by molar-refractivity contribution is -0.157. The van der Waals surface area contributed by atoms with Gasteiger partial charge in [0.05, 0.1) is 6.54 Å². The van der Waals surface area contributed by atoms with E-state index in [1.165, 1.54) is 17.9 Å². The van der Waals surface area contributed by atoms with Crippen molar-refractivity contribution in [3.63, 3.8) is 0 Å². The predicted molar refractivity (Wildman–Crippen MR) is 108 cm³/mol. The molecule has 0 fully saturated rings. The van der Waals surface area contributed by atoms with E-state index >= 15 is 0 Å². The van der Waals surface area contributed by atoms with Gasteiger partial charge in [-0.3, -0.25) is 9.59 Å². The molecule has 0 heterocycles. The van der Waals surface area contributed by atoms with E-state index in [-0.39, 0.29) is 25.7 Å². The lowest BCUT2D eigenvalue weighted by atomic mass is 9.85. The molecule has 0 saturated heterocycles. The summed E-state index contributed by atoms with van der Waals surface area (Å²) in [7, 11) is 0. The van der Waals surface area contributed by atoms with Crippen molar-refractivity contribution in [3.8, 4) is 0 Å². The zero-order valence-electron chi connectivity index (χ0n) is 17.1. The van der Waals surface area contributed by atoms with Crippen molar-refractivity contribution in [2.75, 3.05) is 19.8 Å². The van der Waals surface area contributed by atoms with Crippen LogP contribution in [0.5, 0.6) is 0 Å². The molecule has 1 amide bonds. The van der Waals surface area contributed by atoms with E-state index in [1.54, 1.807) is 24.3 Å². The van der Waals surface area contributed by atoms with E-state index in [9.17, 15) is 14.4 Å². The van der Waals surface area contributed by atoms with E-state index in [0.717, 1.165) is 0 Å². The van der Waals surface area contributed by atoms with Gasteiger partial charge < -0.3 is 14.4 Å². The van der Waals surface area contributed by atoms with Gasteiger partial charge in [0.15, 0.2) is 0 Å². The van der Waals surface area contributed by atoms with Gasteiger partial charge in [0, 0.05) is 12.5 Å². The highest BCUT2D eigenvalue weighted by Gasteiger charge is 2.46. The SMILES string of the molecule is C=CCOC(=O)C(CCC)(CCC)N(CCOC(C)=O)C(=O)c1ccccc1. The fourth-order valence-electron chi connectivity index (χ4n) is 3.33. The molecule has 0 saturated carbocycles. The zero-order chi connectivity index (χ0) is 21.0. The third-order valence-electron chi connectivity index (χ3n) is 4.44. The van der Waals surface area contributed by atoms with Crippen molar-refractivity contribution in [2.24, 2.45) is 0 Å². The number of carbonyl (C=O) groups is 3. The Labute approximate surface area is 167 Å². The van der Waals surface area contributed by atoms with Gasteiger partial charge in [-0.05, 0) is 25.0 Å². The van der Waals surface area contributed by atoms with Crippen molar-refractivity contribution in [1.82, 2.24) is 4.90 Å². The number of benzene rings is 1. The molecule has 6 nitrogen and oxygen atoms in total. The summed E-state index contributed by atoms with van der Waals surface area (Å²) in [5, 5.41) is 0. The molecular weight excluding hydrogens is 358 g/mol. The number of nitrogens with zero attached hydrogens (tertiary/aromatic N) is 1. The van der Waals surface area contributed by atoms with Crippen LogP contribution < -0.4 is 0 Å². The first-order chi connectivity index (χ1) is 13.4. The van der Waals surface area contributed by atoms with Crippen molar-refractivity contribution in [1.29, 1.82) is 0 Å². The largest absolute Gasteiger partial charge is 0.464 e. The number of rotatable bonds is 12. The van der Waals surface area contributed by atoms with E-state index in [0.29, 0.717) is 31.2 Å². The second-order valence-electron chi connectivity index (χ2n) is 6.58. The maximum absolute atomic E-state index is 13.4. The summed E-state index contributed by atoms with van der Waals surface area (Å²) in [6.07, 6.45) is 3.79. The first kappa shape index (κ1) is 23.4. The van der Waals surface area contributed by atoms with Gasteiger partial charge in [0.2, 0.25) is 0 Å². The fraction of sp³-hybridized carbons (Fsp3) is 0.500. The van der Waals surface area contributed by atoms with Crippen LogP contribution in [0.1, 0.15) is 56.8 Å². The molecule has 1 rings (SSSR count). The molecule has 0 aliphatic heterocycles. The van der Waals surface area contributed by atoms with Gasteiger partial charge in [-0.25, -0.2) is 4.79 Å². The molecule has 0 spiro atoms. The fourth-order valence-corrected chi connectivity index (χ4v) is 3.33. The summed E-state index contributed by atoms with van der Waals surface area (Å²) < 4.78 is 10.5. The van der Waals surface area contributed by atoms with Crippen LogP contribution in [0.15, 0.2) is 43.0 Å². The van der Waals surface area contributed by atoms with E-state index in [2.05, 4.69) is 6.58 Å². The average Bonchev–Trinajstić information content (AvgIpc) is 2.69. The van der Waals surface area contributed by atoms with Crippen LogP contribution in [0.2, 0.25) is 0 Å². The second-order valence-corrected chi connectivity index (χ2v) is 6.58. The van der Waals surface area contributed by atoms with Gasteiger partial charge in [-0.1, -0.05) is 57.5 Å². The molecule has 0 N–H and O–H groups in total. The lowest BCUT2D eigenvalue weighted by Crippen LogP contribution is -2.58. The molecule has 28 heavy (non-hydrogen) atoms. The molecule has 0 unspecified atom stereocenters. The molecule has 1 aromatic carbocycles. The maximum atomic E-state index is 13.4. The van der Waals surface area contributed by atoms with Gasteiger partial charge in [-0.15, -0.1) is 0 Å².